The van der Waals surface area contributed by atoms with Crippen molar-refractivity contribution in [2.24, 2.45) is 0 Å². The lowest BCUT2D eigenvalue weighted by Gasteiger charge is -2.04. The van der Waals surface area contributed by atoms with Crippen molar-refractivity contribution in [3.8, 4) is 11.4 Å². The van der Waals surface area contributed by atoms with Crippen molar-refractivity contribution in [1.82, 2.24) is 9.55 Å². The summed E-state index contributed by atoms with van der Waals surface area (Å²) in [6.45, 7) is 0.723. The maximum absolute atomic E-state index is 8.86. The third-order valence-electron chi connectivity index (χ3n) is 2.09. The third-order valence-corrected chi connectivity index (χ3v) is 2.09. The molecule has 3 heteroatoms. The van der Waals surface area contributed by atoms with E-state index in [4.69, 9.17) is 5.11 Å². The zero-order valence-electron chi connectivity index (χ0n) is 7.80. The van der Waals surface area contributed by atoms with Crippen LogP contribution in [0.4, 0.5) is 0 Å². The standard InChI is InChI=1S/C11H12N2O/c14-9-8-13-7-6-12-11(13)10-4-2-1-3-5-10/h1-7,14H,8-9H2. The normalized spacial score (nSPS) is 10.4. The van der Waals surface area contributed by atoms with E-state index in [1.165, 1.54) is 0 Å². The number of aliphatic hydroxyl groups excluding tert-OH is 1. The first-order valence-corrected chi connectivity index (χ1v) is 4.59. The van der Waals surface area contributed by atoms with Gasteiger partial charge < -0.3 is 9.67 Å². The molecule has 0 spiro atoms. The quantitative estimate of drug-likeness (QED) is 0.793. The number of hydrogen-bond acceptors (Lipinski definition) is 2. The maximum atomic E-state index is 8.86. The Labute approximate surface area is 82.7 Å². The van der Waals surface area contributed by atoms with Crippen LogP contribution in [0.25, 0.3) is 11.4 Å². The topological polar surface area (TPSA) is 38.0 Å². The molecule has 0 aliphatic heterocycles. The van der Waals surface area contributed by atoms with E-state index in [9.17, 15) is 0 Å². The molecule has 0 fully saturated rings. The summed E-state index contributed by atoms with van der Waals surface area (Å²) in [5.74, 6) is 0.902. The van der Waals surface area contributed by atoms with Crippen molar-refractivity contribution in [3.05, 3.63) is 42.7 Å². The van der Waals surface area contributed by atoms with E-state index in [0.717, 1.165) is 11.4 Å². The largest absolute Gasteiger partial charge is 0.395 e. The van der Waals surface area contributed by atoms with Crippen molar-refractivity contribution >= 4 is 0 Å². The van der Waals surface area contributed by atoms with Gasteiger partial charge in [-0.15, -0.1) is 0 Å². The van der Waals surface area contributed by atoms with Crippen LogP contribution in [0.15, 0.2) is 42.7 Å². The fourth-order valence-corrected chi connectivity index (χ4v) is 1.44. The minimum Gasteiger partial charge on any atom is -0.395 e. The molecule has 1 N–H and O–H groups in total. The predicted octanol–water partition coefficient (Wildman–Crippen LogP) is 1.54. The van der Waals surface area contributed by atoms with Gasteiger partial charge in [0.1, 0.15) is 5.82 Å². The van der Waals surface area contributed by atoms with Crippen molar-refractivity contribution in [3.63, 3.8) is 0 Å². The van der Waals surface area contributed by atoms with Crippen LogP contribution in [0.2, 0.25) is 0 Å². The molecular weight excluding hydrogens is 176 g/mol. The number of nitrogens with zero attached hydrogens (tertiary/aromatic N) is 2. The smallest absolute Gasteiger partial charge is 0.139 e. The molecule has 0 saturated carbocycles. The molecule has 0 bridgehead atoms. The lowest BCUT2D eigenvalue weighted by Crippen LogP contribution is -2.02. The first-order valence-electron chi connectivity index (χ1n) is 4.59. The molecule has 1 aromatic heterocycles. The van der Waals surface area contributed by atoms with Gasteiger partial charge in [-0.25, -0.2) is 4.98 Å². The summed E-state index contributed by atoms with van der Waals surface area (Å²) < 4.78 is 1.94. The van der Waals surface area contributed by atoms with E-state index in [-0.39, 0.29) is 6.61 Å². The Morgan fingerprint density at radius 3 is 2.71 bits per heavy atom. The zero-order chi connectivity index (χ0) is 9.80. The second-order valence-electron chi connectivity index (χ2n) is 3.03. The van der Waals surface area contributed by atoms with E-state index >= 15 is 0 Å². The Hall–Kier alpha value is -1.61. The number of aliphatic hydroxyl groups is 1. The predicted molar refractivity (Wildman–Crippen MR) is 54.7 cm³/mol. The molecule has 0 aliphatic rings. The van der Waals surface area contributed by atoms with Gasteiger partial charge in [-0.3, -0.25) is 0 Å². The van der Waals surface area contributed by atoms with Crippen LogP contribution < -0.4 is 0 Å². The highest BCUT2D eigenvalue weighted by Crippen LogP contribution is 2.16. The number of benzene rings is 1. The Bertz CT molecular complexity index is 395. The zero-order valence-corrected chi connectivity index (χ0v) is 7.80. The number of hydrogen-bond donors (Lipinski definition) is 1. The summed E-state index contributed by atoms with van der Waals surface area (Å²) in [4.78, 5) is 4.26. The Morgan fingerprint density at radius 1 is 1.21 bits per heavy atom. The summed E-state index contributed by atoms with van der Waals surface area (Å²) in [5, 5.41) is 8.86. The van der Waals surface area contributed by atoms with Gasteiger partial charge in [-0.1, -0.05) is 30.3 Å². The molecule has 0 amide bonds. The molecule has 2 aromatic rings. The van der Waals surface area contributed by atoms with Gasteiger partial charge in [0.2, 0.25) is 0 Å². The van der Waals surface area contributed by atoms with E-state index in [1.54, 1.807) is 6.20 Å². The SMILES string of the molecule is OCCn1ccnc1-c1ccccc1. The fourth-order valence-electron chi connectivity index (χ4n) is 1.44. The minimum atomic E-state index is 0.135. The second kappa shape index (κ2) is 4.07. The lowest BCUT2D eigenvalue weighted by molar-refractivity contribution is 0.276. The lowest BCUT2D eigenvalue weighted by atomic mass is 10.2. The van der Waals surface area contributed by atoms with Crippen LogP contribution in [0.3, 0.4) is 0 Å². The van der Waals surface area contributed by atoms with Gasteiger partial charge in [0.15, 0.2) is 0 Å². The van der Waals surface area contributed by atoms with Crippen LogP contribution in [0, 0.1) is 0 Å². The average molecular weight is 188 g/mol. The van der Waals surface area contributed by atoms with Crippen LogP contribution in [-0.2, 0) is 6.54 Å². The van der Waals surface area contributed by atoms with Gasteiger partial charge in [-0.05, 0) is 0 Å². The molecule has 0 radical (unpaired) electrons. The summed E-state index contributed by atoms with van der Waals surface area (Å²) in [5.41, 5.74) is 1.07. The number of rotatable bonds is 3. The minimum absolute atomic E-state index is 0.135. The van der Waals surface area contributed by atoms with E-state index < -0.39 is 0 Å². The molecule has 72 valence electrons. The van der Waals surface area contributed by atoms with E-state index in [2.05, 4.69) is 4.98 Å². The summed E-state index contributed by atoms with van der Waals surface area (Å²) >= 11 is 0. The summed E-state index contributed by atoms with van der Waals surface area (Å²) in [7, 11) is 0. The molecule has 0 atom stereocenters. The molecule has 3 nitrogen and oxygen atoms in total. The van der Waals surface area contributed by atoms with Crippen molar-refractivity contribution in [2.45, 2.75) is 6.54 Å². The fraction of sp³-hybridized carbons (Fsp3) is 0.182. The molecule has 1 heterocycles. The molecule has 0 saturated heterocycles. The van der Waals surface area contributed by atoms with Gasteiger partial charge in [0, 0.05) is 24.5 Å². The monoisotopic (exact) mass is 188 g/mol. The van der Waals surface area contributed by atoms with Gasteiger partial charge >= 0.3 is 0 Å². The average Bonchev–Trinajstić information content (AvgIpc) is 2.68. The molecule has 1 aromatic carbocycles. The van der Waals surface area contributed by atoms with Crippen molar-refractivity contribution in [2.75, 3.05) is 6.61 Å². The van der Waals surface area contributed by atoms with Crippen LogP contribution in [0.1, 0.15) is 0 Å². The van der Waals surface area contributed by atoms with Gasteiger partial charge in [0.25, 0.3) is 0 Å². The molecule has 0 unspecified atom stereocenters. The first-order chi connectivity index (χ1) is 6.92. The summed E-state index contributed by atoms with van der Waals surface area (Å²) in [6.07, 6.45) is 3.62. The van der Waals surface area contributed by atoms with E-state index in [0.29, 0.717) is 6.54 Å². The summed E-state index contributed by atoms with van der Waals surface area (Å²) in [6, 6.07) is 9.95. The Morgan fingerprint density at radius 2 is 2.00 bits per heavy atom. The maximum Gasteiger partial charge on any atom is 0.139 e. The first kappa shape index (κ1) is 8.97. The van der Waals surface area contributed by atoms with Gasteiger partial charge in [-0.2, -0.15) is 0 Å². The number of imidazole rings is 1. The Kier molecular flexibility index (Phi) is 2.60. The number of aromatic nitrogens is 2. The van der Waals surface area contributed by atoms with Crippen LogP contribution in [-0.4, -0.2) is 21.3 Å². The molecule has 0 aliphatic carbocycles. The highest BCUT2D eigenvalue weighted by Gasteiger charge is 2.03. The van der Waals surface area contributed by atoms with Crippen molar-refractivity contribution in [1.29, 1.82) is 0 Å². The van der Waals surface area contributed by atoms with Crippen LogP contribution >= 0.6 is 0 Å². The van der Waals surface area contributed by atoms with Gasteiger partial charge in [0.05, 0.1) is 6.61 Å². The second-order valence-corrected chi connectivity index (χ2v) is 3.03. The molecule has 14 heavy (non-hydrogen) atoms. The van der Waals surface area contributed by atoms with E-state index in [1.807, 2.05) is 41.1 Å². The highest BCUT2D eigenvalue weighted by atomic mass is 16.3. The Balaban J connectivity index is 2.37. The van der Waals surface area contributed by atoms with Crippen LogP contribution in [0.5, 0.6) is 0 Å². The highest BCUT2D eigenvalue weighted by molar-refractivity contribution is 5.54. The van der Waals surface area contributed by atoms with Crippen molar-refractivity contribution < 1.29 is 5.11 Å². The molecular formula is C11H12N2O. The third kappa shape index (κ3) is 1.67. The molecule has 2 rings (SSSR count).